The van der Waals surface area contributed by atoms with Crippen LogP contribution in [-0.2, 0) is 4.74 Å². The van der Waals surface area contributed by atoms with Crippen molar-refractivity contribution >= 4 is 17.3 Å². The molecule has 0 saturated carbocycles. The third-order valence-electron chi connectivity index (χ3n) is 5.92. The molecule has 0 N–H and O–H groups in total. The highest BCUT2D eigenvalue weighted by molar-refractivity contribution is 7.98. The van der Waals surface area contributed by atoms with Gasteiger partial charge in [-0.25, -0.2) is 9.50 Å². The highest BCUT2D eigenvalue weighted by atomic mass is 32.2. The summed E-state index contributed by atoms with van der Waals surface area (Å²) >= 11 is 1.66. The summed E-state index contributed by atoms with van der Waals surface area (Å²) in [6, 6.07) is 5.00. The quantitative estimate of drug-likeness (QED) is 0.678. The normalized spacial score (nSPS) is 26.6. The molecule has 0 unspecified atom stereocenters. The summed E-state index contributed by atoms with van der Waals surface area (Å²) in [5.74, 6) is 0. The first-order valence-electron chi connectivity index (χ1n) is 10.1. The molecule has 0 aromatic carbocycles. The molecule has 148 valence electrons. The monoisotopic (exact) mass is 389 g/mol. The summed E-state index contributed by atoms with van der Waals surface area (Å²) in [7, 11) is 4.33. The molecule has 4 heterocycles. The van der Waals surface area contributed by atoms with Crippen molar-refractivity contribution in [1.29, 1.82) is 0 Å². The summed E-state index contributed by atoms with van der Waals surface area (Å²) in [4.78, 5) is 9.33. The lowest BCUT2D eigenvalue weighted by atomic mass is 10.1. The lowest BCUT2D eigenvalue weighted by Gasteiger charge is -2.28. The minimum absolute atomic E-state index is 0.143. The maximum atomic E-state index is 6.48. The molecule has 2 aromatic rings. The fourth-order valence-electron chi connectivity index (χ4n) is 4.52. The van der Waals surface area contributed by atoms with Gasteiger partial charge in [-0.3, -0.25) is 4.90 Å². The Morgan fingerprint density at radius 2 is 2.15 bits per heavy atom. The zero-order chi connectivity index (χ0) is 18.8. The summed E-state index contributed by atoms with van der Waals surface area (Å²) in [5.41, 5.74) is 2.24. The lowest BCUT2D eigenvalue weighted by Crippen LogP contribution is -2.37. The molecule has 3 atom stereocenters. The Balaban J connectivity index is 1.39. The molecule has 2 saturated heterocycles. The van der Waals surface area contributed by atoms with Gasteiger partial charge in [0.15, 0.2) is 0 Å². The molecule has 0 spiro atoms. The van der Waals surface area contributed by atoms with E-state index in [1.165, 1.54) is 32.4 Å². The van der Waals surface area contributed by atoms with Crippen molar-refractivity contribution in [1.82, 2.24) is 24.4 Å². The van der Waals surface area contributed by atoms with Crippen molar-refractivity contribution in [2.45, 2.75) is 55.4 Å². The lowest BCUT2D eigenvalue weighted by molar-refractivity contribution is 0.0161. The molecule has 2 fully saturated rings. The highest BCUT2D eigenvalue weighted by Crippen LogP contribution is 2.35. The highest BCUT2D eigenvalue weighted by Gasteiger charge is 2.33. The number of ether oxygens (including phenoxy) is 1. The number of thioether (sulfide) groups is 1. The van der Waals surface area contributed by atoms with Crippen LogP contribution in [0.3, 0.4) is 0 Å². The minimum Gasteiger partial charge on any atom is -0.367 e. The van der Waals surface area contributed by atoms with Crippen LogP contribution in [0.15, 0.2) is 23.5 Å². The number of aromatic nitrogens is 3. The number of fused-ring (bicyclic) bond motifs is 1. The fraction of sp³-hybridized carbons (Fsp3) is 0.700. The first kappa shape index (κ1) is 19.2. The van der Waals surface area contributed by atoms with E-state index < -0.39 is 0 Å². The van der Waals surface area contributed by atoms with Gasteiger partial charge < -0.3 is 9.64 Å². The van der Waals surface area contributed by atoms with Crippen molar-refractivity contribution in [2.24, 2.45) is 0 Å². The Kier molecular flexibility index (Phi) is 6.02. The summed E-state index contributed by atoms with van der Waals surface area (Å²) < 4.78 is 8.50. The Morgan fingerprint density at radius 3 is 2.96 bits per heavy atom. The zero-order valence-corrected chi connectivity index (χ0v) is 17.5. The van der Waals surface area contributed by atoms with Gasteiger partial charge in [-0.1, -0.05) is 0 Å². The first-order valence-corrected chi connectivity index (χ1v) is 11.3. The van der Waals surface area contributed by atoms with E-state index in [9.17, 15) is 0 Å². The fourth-order valence-corrected chi connectivity index (χ4v) is 5.04. The molecule has 7 heteroatoms. The maximum Gasteiger partial charge on any atom is 0.137 e. The number of hydrogen-bond acceptors (Lipinski definition) is 6. The van der Waals surface area contributed by atoms with Crippen LogP contribution in [0.5, 0.6) is 0 Å². The van der Waals surface area contributed by atoms with E-state index in [0.717, 1.165) is 41.7 Å². The average Bonchev–Trinajstić information content (AvgIpc) is 3.39. The second-order valence-corrected chi connectivity index (χ2v) is 8.83. The van der Waals surface area contributed by atoms with Crippen molar-refractivity contribution in [3.8, 4) is 0 Å². The molecule has 0 radical (unpaired) electrons. The summed E-state index contributed by atoms with van der Waals surface area (Å²) in [5, 5.41) is 5.49. The molecule has 27 heavy (non-hydrogen) atoms. The molecular weight excluding hydrogens is 358 g/mol. The van der Waals surface area contributed by atoms with E-state index >= 15 is 0 Å². The van der Waals surface area contributed by atoms with E-state index in [2.05, 4.69) is 52.4 Å². The van der Waals surface area contributed by atoms with E-state index in [0.29, 0.717) is 6.10 Å². The number of hydrogen-bond donors (Lipinski definition) is 0. The molecule has 6 nitrogen and oxygen atoms in total. The minimum atomic E-state index is 0.143. The van der Waals surface area contributed by atoms with Crippen LogP contribution < -0.4 is 0 Å². The van der Waals surface area contributed by atoms with Crippen molar-refractivity contribution < 1.29 is 4.74 Å². The largest absolute Gasteiger partial charge is 0.367 e. The van der Waals surface area contributed by atoms with E-state index in [1.807, 2.05) is 4.52 Å². The molecular formula is C20H31N5OS. The standard InChI is InChI=1S/C20H31N5OS/c1-23(2)12-10-15-5-4-11-24(15)13-16-6-9-19(26-16)17-7-8-18-20(27-3)21-14-22-25(17)18/h7-8,14-16,19H,4-6,9-13H2,1-3H3/t15-,16-,19+/m0/s1. The van der Waals surface area contributed by atoms with Gasteiger partial charge in [-0.2, -0.15) is 5.10 Å². The van der Waals surface area contributed by atoms with Gasteiger partial charge in [0.2, 0.25) is 0 Å². The van der Waals surface area contributed by atoms with Crippen LogP contribution in [0.1, 0.15) is 43.9 Å². The van der Waals surface area contributed by atoms with Crippen molar-refractivity contribution in [2.75, 3.05) is 40.0 Å². The number of likely N-dealkylation sites (tertiary alicyclic amines) is 1. The molecule has 0 amide bonds. The third-order valence-corrected chi connectivity index (χ3v) is 6.62. The average molecular weight is 390 g/mol. The SMILES string of the molecule is CSc1ncnn2c([C@H]3CC[C@@H](CN4CCC[C@H]4CCN(C)C)O3)ccc12. The topological polar surface area (TPSA) is 45.9 Å². The zero-order valence-electron chi connectivity index (χ0n) is 16.7. The Hall–Kier alpha value is -1.15. The van der Waals surface area contributed by atoms with E-state index in [1.54, 1.807) is 18.1 Å². The van der Waals surface area contributed by atoms with Crippen LogP contribution >= 0.6 is 11.8 Å². The van der Waals surface area contributed by atoms with E-state index in [4.69, 9.17) is 4.74 Å². The van der Waals surface area contributed by atoms with Crippen LogP contribution in [0.25, 0.3) is 5.52 Å². The van der Waals surface area contributed by atoms with Crippen molar-refractivity contribution in [3.05, 3.63) is 24.2 Å². The molecule has 4 rings (SSSR count). The van der Waals surface area contributed by atoms with Gasteiger partial charge in [0.1, 0.15) is 17.5 Å². The predicted molar refractivity (Wildman–Crippen MR) is 109 cm³/mol. The Bertz CT molecular complexity index is 764. The molecule has 0 bridgehead atoms. The predicted octanol–water partition coefficient (Wildman–Crippen LogP) is 3.09. The van der Waals surface area contributed by atoms with Gasteiger partial charge >= 0.3 is 0 Å². The second kappa shape index (κ2) is 8.47. The Morgan fingerprint density at radius 1 is 1.26 bits per heavy atom. The summed E-state index contributed by atoms with van der Waals surface area (Å²) in [6.45, 7) is 3.47. The maximum absolute atomic E-state index is 6.48. The smallest absolute Gasteiger partial charge is 0.137 e. The van der Waals surface area contributed by atoms with Gasteiger partial charge in [0.25, 0.3) is 0 Å². The molecule has 0 aliphatic carbocycles. The number of nitrogens with zero attached hydrogens (tertiary/aromatic N) is 5. The van der Waals surface area contributed by atoms with Gasteiger partial charge in [0.05, 0.1) is 17.3 Å². The Labute approximate surface area is 166 Å². The van der Waals surface area contributed by atoms with E-state index in [-0.39, 0.29) is 6.10 Å². The van der Waals surface area contributed by atoms with Crippen molar-refractivity contribution in [3.63, 3.8) is 0 Å². The van der Waals surface area contributed by atoms with Crippen LogP contribution in [0.4, 0.5) is 0 Å². The molecule has 2 aliphatic heterocycles. The van der Waals surface area contributed by atoms with Gasteiger partial charge in [-0.15, -0.1) is 11.8 Å². The van der Waals surface area contributed by atoms with Crippen LogP contribution in [0.2, 0.25) is 0 Å². The first-order chi connectivity index (χ1) is 13.2. The second-order valence-electron chi connectivity index (χ2n) is 8.03. The number of rotatable bonds is 7. The van der Waals surface area contributed by atoms with Gasteiger partial charge in [-0.05, 0) is 77.7 Å². The van der Waals surface area contributed by atoms with Crippen LogP contribution in [0, 0.1) is 0 Å². The molecule has 2 aliphatic rings. The third kappa shape index (κ3) is 4.16. The molecule has 2 aromatic heterocycles. The van der Waals surface area contributed by atoms with Crippen LogP contribution in [-0.4, -0.2) is 76.5 Å². The summed E-state index contributed by atoms with van der Waals surface area (Å²) in [6.07, 6.45) is 10.3. The van der Waals surface area contributed by atoms with Gasteiger partial charge in [0, 0.05) is 12.6 Å².